The fourth-order valence-electron chi connectivity index (χ4n) is 3.39. The minimum absolute atomic E-state index is 0.0202. The van der Waals surface area contributed by atoms with Crippen molar-refractivity contribution in [1.82, 2.24) is 19.7 Å². The van der Waals surface area contributed by atoms with Gasteiger partial charge in [-0.05, 0) is 40.0 Å². The lowest BCUT2D eigenvalue weighted by molar-refractivity contribution is -0.131. The van der Waals surface area contributed by atoms with E-state index in [2.05, 4.69) is 21.7 Å². The smallest absolute Gasteiger partial charge is 0.236 e. The maximum Gasteiger partial charge on any atom is 0.236 e. The van der Waals surface area contributed by atoms with Gasteiger partial charge in [-0.15, -0.1) is 10.2 Å². The Balaban J connectivity index is 1.69. The van der Waals surface area contributed by atoms with Gasteiger partial charge in [-0.2, -0.15) is 0 Å². The lowest BCUT2D eigenvalue weighted by Gasteiger charge is -2.29. The molecule has 1 aliphatic heterocycles. The highest BCUT2D eigenvalue weighted by Crippen LogP contribution is 2.40. The first kappa shape index (κ1) is 18.7. The molecule has 0 radical (unpaired) electrons. The van der Waals surface area contributed by atoms with Crippen LogP contribution in [0.25, 0.3) is 0 Å². The molecule has 3 rings (SSSR count). The van der Waals surface area contributed by atoms with Crippen LogP contribution in [0.4, 0.5) is 0 Å². The first-order valence-electron chi connectivity index (χ1n) is 8.97. The molecule has 1 aromatic rings. The Morgan fingerprint density at radius 2 is 2.04 bits per heavy atom. The topological polar surface area (TPSA) is 85.2 Å². The van der Waals surface area contributed by atoms with E-state index in [0.717, 1.165) is 30.4 Å². The zero-order valence-electron chi connectivity index (χ0n) is 15.0. The van der Waals surface area contributed by atoms with Crippen LogP contribution in [0.3, 0.4) is 0 Å². The van der Waals surface area contributed by atoms with E-state index in [-0.39, 0.29) is 28.7 Å². The number of amides is 1. The van der Waals surface area contributed by atoms with Crippen molar-refractivity contribution in [3.05, 3.63) is 5.82 Å². The largest absolute Gasteiger partial charge is 0.338 e. The quantitative estimate of drug-likeness (QED) is 0.663. The average molecular weight is 387 g/mol. The summed E-state index contributed by atoms with van der Waals surface area (Å²) in [6.07, 6.45) is 2.87. The summed E-state index contributed by atoms with van der Waals surface area (Å²) in [5.41, 5.74) is 0. The molecule has 2 heterocycles. The third-order valence-corrected chi connectivity index (χ3v) is 7.73. The van der Waals surface area contributed by atoms with Crippen LogP contribution in [-0.4, -0.2) is 63.3 Å². The molecule has 0 N–H and O–H groups in total. The van der Waals surface area contributed by atoms with Crippen LogP contribution < -0.4 is 0 Å². The molecule has 2 aliphatic rings. The highest BCUT2D eigenvalue weighted by atomic mass is 32.2. The van der Waals surface area contributed by atoms with Crippen LogP contribution in [0.5, 0.6) is 0 Å². The summed E-state index contributed by atoms with van der Waals surface area (Å²) in [5.74, 6) is 1.79. The predicted molar refractivity (Wildman–Crippen MR) is 97.4 cm³/mol. The molecule has 1 aliphatic carbocycles. The van der Waals surface area contributed by atoms with Gasteiger partial charge in [0.1, 0.15) is 5.82 Å². The Hall–Kier alpha value is -1.09. The molecule has 1 saturated carbocycles. The van der Waals surface area contributed by atoms with E-state index < -0.39 is 9.84 Å². The van der Waals surface area contributed by atoms with E-state index in [1.807, 2.05) is 13.8 Å². The minimum Gasteiger partial charge on any atom is -0.338 e. The molecule has 0 bridgehead atoms. The summed E-state index contributed by atoms with van der Waals surface area (Å²) in [6, 6.07) is -0.198. The van der Waals surface area contributed by atoms with Crippen molar-refractivity contribution in [2.24, 2.45) is 0 Å². The summed E-state index contributed by atoms with van der Waals surface area (Å²) in [7, 11) is -3.01. The molecule has 2 fully saturated rings. The predicted octanol–water partition coefficient (Wildman–Crippen LogP) is 1.69. The number of thioether (sulfide) groups is 1. The number of nitrogens with zero attached hydrogens (tertiary/aromatic N) is 4. The van der Waals surface area contributed by atoms with Crippen molar-refractivity contribution in [3.8, 4) is 0 Å². The van der Waals surface area contributed by atoms with Gasteiger partial charge in [0, 0.05) is 25.0 Å². The number of aromatic nitrogens is 3. The summed E-state index contributed by atoms with van der Waals surface area (Å²) >= 11 is 1.42. The maximum absolute atomic E-state index is 12.9. The number of rotatable bonds is 7. The van der Waals surface area contributed by atoms with E-state index in [1.54, 1.807) is 4.90 Å². The Morgan fingerprint density at radius 1 is 1.32 bits per heavy atom. The second-order valence-electron chi connectivity index (χ2n) is 6.80. The van der Waals surface area contributed by atoms with Gasteiger partial charge < -0.3 is 9.47 Å². The fourth-order valence-corrected chi connectivity index (χ4v) is 6.11. The number of hydrogen-bond donors (Lipinski definition) is 0. The van der Waals surface area contributed by atoms with Crippen LogP contribution in [0.1, 0.15) is 51.8 Å². The molecular formula is C16H26N4O3S2. The zero-order valence-corrected chi connectivity index (χ0v) is 16.6. The van der Waals surface area contributed by atoms with E-state index in [4.69, 9.17) is 0 Å². The third kappa shape index (κ3) is 4.02. The van der Waals surface area contributed by atoms with Crippen LogP contribution in [0, 0.1) is 0 Å². The fraction of sp³-hybridized carbons (Fsp3) is 0.812. The van der Waals surface area contributed by atoms with Crippen molar-refractivity contribution in [1.29, 1.82) is 0 Å². The van der Waals surface area contributed by atoms with E-state index in [9.17, 15) is 13.2 Å². The van der Waals surface area contributed by atoms with E-state index in [1.165, 1.54) is 11.8 Å². The van der Waals surface area contributed by atoms with E-state index in [0.29, 0.717) is 18.9 Å². The summed E-state index contributed by atoms with van der Waals surface area (Å²) in [4.78, 5) is 14.6. The van der Waals surface area contributed by atoms with Gasteiger partial charge >= 0.3 is 0 Å². The van der Waals surface area contributed by atoms with Gasteiger partial charge in [0.15, 0.2) is 15.0 Å². The van der Waals surface area contributed by atoms with Gasteiger partial charge in [0.05, 0.1) is 16.8 Å². The normalized spacial score (nSPS) is 23.6. The highest BCUT2D eigenvalue weighted by molar-refractivity contribution is 8.00. The minimum atomic E-state index is -3.01. The molecule has 1 saturated heterocycles. The Kier molecular flexibility index (Phi) is 5.43. The standard InChI is InChI=1S/C16H26N4O3S2/c1-4-19(13-8-9-25(22,23)10-13)15(21)11(3)24-16-18-17-14(12-6-7-12)20(16)5-2/h11-13H,4-10H2,1-3H3/t11-,13-/m0/s1. The molecule has 0 aromatic carbocycles. The average Bonchev–Trinajstić information content (AvgIpc) is 3.24. The number of carbonyl (C=O) groups excluding carboxylic acids is 1. The highest BCUT2D eigenvalue weighted by Gasteiger charge is 2.36. The number of hydrogen-bond acceptors (Lipinski definition) is 6. The monoisotopic (exact) mass is 386 g/mol. The molecule has 1 aromatic heterocycles. The van der Waals surface area contributed by atoms with E-state index >= 15 is 0 Å². The number of sulfone groups is 1. The molecule has 7 nitrogen and oxygen atoms in total. The van der Waals surface area contributed by atoms with Crippen molar-refractivity contribution >= 4 is 27.5 Å². The van der Waals surface area contributed by atoms with Gasteiger partial charge in [-0.3, -0.25) is 4.79 Å². The zero-order chi connectivity index (χ0) is 18.2. The van der Waals surface area contributed by atoms with Crippen LogP contribution in [0.2, 0.25) is 0 Å². The molecule has 2 atom stereocenters. The molecule has 9 heteroatoms. The lowest BCUT2D eigenvalue weighted by atomic mass is 10.2. The Morgan fingerprint density at radius 3 is 2.56 bits per heavy atom. The molecule has 140 valence electrons. The molecule has 1 amide bonds. The van der Waals surface area contributed by atoms with Crippen molar-refractivity contribution < 1.29 is 13.2 Å². The van der Waals surface area contributed by atoms with Crippen molar-refractivity contribution in [2.75, 3.05) is 18.1 Å². The molecule has 0 unspecified atom stereocenters. The SMILES string of the molecule is CCN(C(=O)[C@H](C)Sc1nnc(C2CC2)n1CC)[C@H]1CCS(=O)(=O)C1. The van der Waals surface area contributed by atoms with Crippen LogP contribution in [-0.2, 0) is 21.2 Å². The van der Waals surface area contributed by atoms with Crippen molar-refractivity contribution in [3.63, 3.8) is 0 Å². The maximum atomic E-state index is 12.9. The Labute approximate surface area is 153 Å². The van der Waals surface area contributed by atoms with Gasteiger partial charge in [0.25, 0.3) is 0 Å². The summed E-state index contributed by atoms with van der Waals surface area (Å²) in [6.45, 7) is 7.15. The van der Waals surface area contributed by atoms with Crippen LogP contribution in [0.15, 0.2) is 5.16 Å². The van der Waals surface area contributed by atoms with Gasteiger partial charge in [-0.1, -0.05) is 11.8 Å². The summed E-state index contributed by atoms with van der Waals surface area (Å²) in [5, 5.41) is 9.06. The number of carbonyl (C=O) groups is 1. The second-order valence-corrected chi connectivity index (χ2v) is 10.3. The van der Waals surface area contributed by atoms with Crippen molar-refractivity contribution in [2.45, 2.75) is 68.9 Å². The molecular weight excluding hydrogens is 360 g/mol. The first-order valence-corrected chi connectivity index (χ1v) is 11.7. The second kappa shape index (κ2) is 7.26. The van der Waals surface area contributed by atoms with Gasteiger partial charge in [0.2, 0.25) is 5.91 Å². The third-order valence-electron chi connectivity index (χ3n) is 4.91. The Bertz CT molecular complexity index is 743. The summed E-state index contributed by atoms with van der Waals surface area (Å²) < 4.78 is 25.6. The molecule has 25 heavy (non-hydrogen) atoms. The lowest BCUT2D eigenvalue weighted by Crippen LogP contribution is -2.44. The first-order chi connectivity index (χ1) is 11.9. The molecule has 0 spiro atoms. The van der Waals surface area contributed by atoms with Gasteiger partial charge in [-0.25, -0.2) is 8.42 Å². The van der Waals surface area contributed by atoms with Crippen LogP contribution >= 0.6 is 11.8 Å².